The SMILES string of the molecule is CCCOC(=O)C(C)(C)CP(=O)(O)O. The lowest BCUT2D eigenvalue weighted by Crippen LogP contribution is -2.30. The summed E-state index contributed by atoms with van der Waals surface area (Å²) in [5.41, 5.74) is -1.13. The van der Waals surface area contributed by atoms with Crippen LogP contribution in [0.4, 0.5) is 0 Å². The summed E-state index contributed by atoms with van der Waals surface area (Å²) in [4.78, 5) is 28.8. The molecule has 14 heavy (non-hydrogen) atoms. The van der Waals surface area contributed by atoms with E-state index in [2.05, 4.69) is 0 Å². The summed E-state index contributed by atoms with van der Waals surface area (Å²) in [6.45, 7) is 5.06. The molecule has 2 N–H and O–H groups in total. The van der Waals surface area contributed by atoms with Gasteiger partial charge in [0.15, 0.2) is 0 Å². The molecular formula is C8H17O5P. The molecule has 6 heteroatoms. The number of esters is 1. The van der Waals surface area contributed by atoms with Crippen LogP contribution < -0.4 is 0 Å². The Kier molecular flexibility index (Phi) is 4.78. The Hall–Kier alpha value is -0.380. The van der Waals surface area contributed by atoms with Crippen LogP contribution >= 0.6 is 7.60 Å². The van der Waals surface area contributed by atoms with E-state index in [9.17, 15) is 9.36 Å². The van der Waals surface area contributed by atoms with Crippen LogP contribution in [-0.2, 0) is 14.1 Å². The van der Waals surface area contributed by atoms with E-state index in [0.717, 1.165) is 0 Å². The zero-order chi connectivity index (χ0) is 11.4. The molecule has 0 heterocycles. The molecule has 0 saturated heterocycles. The molecule has 84 valence electrons. The maximum atomic E-state index is 11.3. The van der Waals surface area contributed by atoms with Crippen molar-refractivity contribution in [1.82, 2.24) is 0 Å². The van der Waals surface area contributed by atoms with Crippen LogP contribution in [0.25, 0.3) is 0 Å². The van der Waals surface area contributed by atoms with Crippen molar-refractivity contribution in [1.29, 1.82) is 0 Å². The number of carbonyl (C=O) groups excluding carboxylic acids is 1. The summed E-state index contributed by atoms with van der Waals surface area (Å²) in [5, 5.41) is 0. The lowest BCUT2D eigenvalue weighted by atomic mass is 9.97. The monoisotopic (exact) mass is 224 g/mol. The standard InChI is InChI=1S/C8H17O5P/c1-4-5-13-7(9)8(2,3)6-14(10,11)12/h4-6H2,1-3H3,(H2,10,11,12). The van der Waals surface area contributed by atoms with Gasteiger partial charge in [-0.25, -0.2) is 0 Å². The van der Waals surface area contributed by atoms with Crippen LogP contribution in [-0.4, -0.2) is 28.5 Å². The van der Waals surface area contributed by atoms with Crippen molar-refractivity contribution in [2.75, 3.05) is 12.8 Å². The minimum Gasteiger partial charge on any atom is -0.465 e. The van der Waals surface area contributed by atoms with Gasteiger partial charge >= 0.3 is 13.6 Å². The van der Waals surface area contributed by atoms with Crippen LogP contribution in [0.15, 0.2) is 0 Å². The van der Waals surface area contributed by atoms with Gasteiger partial charge in [0.1, 0.15) is 0 Å². The maximum Gasteiger partial charge on any atom is 0.326 e. The number of hydrogen-bond donors (Lipinski definition) is 2. The van der Waals surface area contributed by atoms with Gasteiger partial charge in [0.05, 0.1) is 18.2 Å². The van der Waals surface area contributed by atoms with Crippen molar-refractivity contribution in [3.05, 3.63) is 0 Å². The second-order valence-electron chi connectivity index (χ2n) is 3.84. The fraction of sp³-hybridized carbons (Fsp3) is 0.875. The first-order valence-electron chi connectivity index (χ1n) is 4.41. The molecule has 0 spiro atoms. The first-order chi connectivity index (χ1) is 6.19. The first kappa shape index (κ1) is 13.6. The predicted octanol–water partition coefficient (Wildman–Crippen LogP) is 1.14. The van der Waals surface area contributed by atoms with Crippen LogP contribution in [0.5, 0.6) is 0 Å². The number of ether oxygens (including phenoxy) is 1. The fourth-order valence-corrected chi connectivity index (χ4v) is 2.13. The molecule has 0 aromatic carbocycles. The fourth-order valence-electron chi connectivity index (χ4n) is 0.970. The third kappa shape index (κ3) is 5.37. The topological polar surface area (TPSA) is 83.8 Å². The Morgan fingerprint density at radius 1 is 1.43 bits per heavy atom. The summed E-state index contributed by atoms with van der Waals surface area (Å²) in [6.07, 6.45) is 0.209. The van der Waals surface area contributed by atoms with Gasteiger partial charge in [0.2, 0.25) is 0 Å². The third-order valence-corrected chi connectivity index (χ3v) is 2.79. The number of carbonyl (C=O) groups is 1. The van der Waals surface area contributed by atoms with Gasteiger partial charge in [-0.15, -0.1) is 0 Å². The molecule has 0 radical (unpaired) electrons. The van der Waals surface area contributed by atoms with Gasteiger partial charge in [-0.1, -0.05) is 6.92 Å². The highest BCUT2D eigenvalue weighted by Gasteiger charge is 2.36. The van der Waals surface area contributed by atoms with Gasteiger partial charge in [0.25, 0.3) is 0 Å². The molecule has 0 rings (SSSR count). The highest BCUT2D eigenvalue weighted by Crippen LogP contribution is 2.42. The first-order valence-corrected chi connectivity index (χ1v) is 6.20. The average molecular weight is 224 g/mol. The van der Waals surface area contributed by atoms with Gasteiger partial charge in [-0.3, -0.25) is 9.36 Å². The maximum absolute atomic E-state index is 11.3. The van der Waals surface area contributed by atoms with Crippen molar-refractivity contribution in [2.24, 2.45) is 5.41 Å². The van der Waals surface area contributed by atoms with Gasteiger partial charge in [-0.05, 0) is 20.3 Å². The zero-order valence-corrected chi connectivity index (χ0v) is 9.58. The van der Waals surface area contributed by atoms with Crippen LogP contribution in [0.3, 0.4) is 0 Å². The molecular weight excluding hydrogens is 207 g/mol. The molecule has 0 aromatic heterocycles. The van der Waals surface area contributed by atoms with Crippen molar-refractivity contribution < 1.29 is 23.9 Å². The Morgan fingerprint density at radius 2 is 1.93 bits per heavy atom. The Balaban J connectivity index is 4.31. The number of hydrogen-bond acceptors (Lipinski definition) is 3. The van der Waals surface area contributed by atoms with Crippen LogP contribution in [0, 0.1) is 5.41 Å². The summed E-state index contributed by atoms with van der Waals surface area (Å²) in [6, 6.07) is 0. The van der Waals surface area contributed by atoms with Crippen LogP contribution in [0.1, 0.15) is 27.2 Å². The van der Waals surface area contributed by atoms with Gasteiger partial charge in [0, 0.05) is 0 Å². The largest absolute Gasteiger partial charge is 0.465 e. The summed E-state index contributed by atoms with van der Waals surface area (Å²) in [7, 11) is -4.17. The molecule has 0 amide bonds. The van der Waals surface area contributed by atoms with Crippen molar-refractivity contribution in [3.8, 4) is 0 Å². The minimum atomic E-state index is -4.17. The molecule has 0 unspecified atom stereocenters. The minimum absolute atomic E-state index is 0.281. The zero-order valence-electron chi connectivity index (χ0n) is 8.69. The van der Waals surface area contributed by atoms with E-state index in [1.807, 2.05) is 6.92 Å². The molecule has 0 aliphatic carbocycles. The Morgan fingerprint density at radius 3 is 2.29 bits per heavy atom. The molecule has 0 bridgehead atoms. The highest BCUT2D eigenvalue weighted by molar-refractivity contribution is 7.51. The Bertz CT molecular complexity index is 242. The molecule has 0 aliphatic heterocycles. The molecule has 0 saturated carbocycles. The summed E-state index contributed by atoms with van der Waals surface area (Å²) >= 11 is 0. The average Bonchev–Trinajstić information content (AvgIpc) is 1.95. The molecule has 0 aromatic rings. The van der Waals surface area contributed by atoms with E-state index in [-0.39, 0.29) is 6.61 Å². The Labute approximate surface area is 83.6 Å². The van der Waals surface area contributed by atoms with Crippen molar-refractivity contribution in [3.63, 3.8) is 0 Å². The quantitative estimate of drug-likeness (QED) is 0.540. The smallest absolute Gasteiger partial charge is 0.326 e. The van der Waals surface area contributed by atoms with Gasteiger partial charge < -0.3 is 14.5 Å². The second kappa shape index (κ2) is 4.91. The lowest BCUT2D eigenvalue weighted by Gasteiger charge is -2.22. The van der Waals surface area contributed by atoms with E-state index < -0.39 is 25.1 Å². The van der Waals surface area contributed by atoms with E-state index in [0.29, 0.717) is 6.42 Å². The van der Waals surface area contributed by atoms with E-state index in [1.54, 1.807) is 0 Å². The summed E-state index contributed by atoms with van der Waals surface area (Å²) in [5.74, 6) is -0.567. The molecule has 5 nitrogen and oxygen atoms in total. The van der Waals surface area contributed by atoms with E-state index >= 15 is 0 Å². The molecule has 0 fully saturated rings. The lowest BCUT2D eigenvalue weighted by molar-refractivity contribution is -0.152. The second-order valence-corrected chi connectivity index (χ2v) is 5.49. The van der Waals surface area contributed by atoms with Crippen molar-refractivity contribution >= 4 is 13.6 Å². The summed E-state index contributed by atoms with van der Waals surface area (Å²) < 4.78 is 15.5. The number of rotatable bonds is 5. The van der Waals surface area contributed by atoms with E-state index in [1.165, 1.54) is 13.8 Å². The van der Waals surface area contributed by atoms with Gasteiger partial charge in [-0.2, -0.15) is 0 Å². The normalized spacial score (nSPS) is 12.6. The third-order valence-electron chi connectivity index (χ3n) is 1.59. The van der Waals surface area contributed by atoms with E-state index in [4.69, 9.17) is 14.5 Å². The predicted molar refractivity (Wildman–Crippen MR) is 51.9 cm³/mol. The van der Waals surface area contributed by atoms with Crippen molar-refractivity contribution in [2.45, 2.75) is 27.2 Å². The highest BCUT2D eigenvalue weighted by atomic mass is 31.2. The molecule has 0 atom stereocenters. The molecule has 0 aliphatic rings. The van der Waals surface area contributed by atoms with Crippen LogP contribution in [0.2, 0.25) is 0 Å².